The Morgan fingerprint density at radius 2 is 1.20 bits per heavy atom. The quantitative estimate of drug-likeness (QED) is 0.731. The van der Waals surface area contributed by atoms with E-state index in [4.69, 9.17) is 23.2 Å². The summed E-state index contributed by atoms with van der Waals surface area (Å²) in [5, 5.41) is 22.7. The molecular weight excluding hydrogens is 326 g/mol. The van der Waals surface area contributed by atoms with E-state index in [2.05, 4.69) is 0 Å². The van der Waals surface area contributed by atoms with E-state index in [1.807, 2.05) is 0 Å². The summed E-state index contributed by atoms with van der Waals surface area (Å²) in [6.07, 6.45) is 0. The monoisotopic (exact) mass is 334 g/mol. The van der Waals surface area contributed by atoms with Crippen molar-refractivity contribution in [3.05, 3.63) is 69.7 Å². The van der Waals surface area contributed by atoms with Crippen molar-refractivity contribution < 1.29 is 66.4 Å². The molecule has 1 N–H and O–H groups in total. The Bertz CT molecular complexity index is 551. The third-order valence-corrected chi connectivity index (χ3v) is 3.32. The molecule has 0 aromatic heterocycles. The van der Waals surface area contributed by atoms with Gasteiger partial charge in [-0.1, -0.05) is 47.5 Å². The van der Waals surface area contributed by atoms with Crippen molar-refractivity contribution in [1.29, 1.82) is 0 Å². The second kappa shape index (κ2) is 7.38. The van der Waals surface area contributed by atoms with Crippen molar-refractivity contribution in [1.82, 2.24) is 0 Å². The predicted molar refractivity (Wildman–Crippen MR) is 70.9 cm³/mol. The minimum Gasteiger partial charge on any atom is -0.546 e. The van der Waals surface area contributed by atoms with Crippen LogP contribution in [0, 0.1) is 0 Å². The molecule has 0 heterocycles. The Hall–Kier alpha value is 0.0864. The van der Waals surface area contributed by atoms with E-state index in [1.54, 1.807) is 0 Å². The van der Waals surface area contributed by atoms with E-state index >= 15 is 0 Å². The molecule has 98 valence electrons. The van der Waals surface area contributed by atoms with Gasteiger partial charge < -0.3 is 15.0 Å². The topological polar surface area (TPSA) is 60.4 Å². The first kappa shape index (κ1) is 18.1. The minimum atomic E-state index is -2.24. The zero-order chi connectivity index (χ0) is 14.0. The van der Waals surface area contributed by atoms with E-state index in [-0.39, 0.29) is 62.5 Å². The number of halogens is 2. The fourth-order valence-electron chi connectivity index (χ4n) is 1.78. The average molecular weight is 335 g/mol. The van der Waals surface area contributed by atoms with Gasteiger partial charge in [0, 0.05) is 10.0 Å². The fraction of sp³-hybridized carbons (Fsp3) is 0.0714. The Kier molecular flexibility index (Phi) is 6.69. The number of carboxylic acids is 1. The van der Waals surface area contributed by atoms with Gasteiger partial charge in [-0.05, 0) is 35.4 Å². The van der Waals surface area contributed by atoms with Crippen LogP contribution in [0.1, 0.15) is 11.1 Å². The molecule has 2 aromatic rings. The van der Waals surface area contributed by atoms with E-state index < -0.39 is 11.6 Å². The smallest absolute Gasteiger partial charge is 0.546 e. The molecule has 0 bridgehead atoms. The van der Waals surface area contributed by atoms with E-state index in [9.17, 15) is 15.0 Å². The summed E-state index contributed by atoms with van der Waals surface area (Å²) in [4.78, 5) is 11.4. The van der Waals surface area contributed by atoms with Gasteiger partial charge in [-0.3, -0.25) is 0 Å². The molecule has 6 heteroatoms. The summed E-state index contributed by atoms with van der Waals surface area (Å²) >= 11 is 11.5. The van der Waals surface area contributed by atoms with E-state index in [0.717, 1.165) is 0 Å². The standard InChI is InChI=1S/C14H10Cl2O3.K/c15-11-5-1-9(2-6-11)14(19,13(17)18)10-3-7-12(16)8-4-10;/h1-8,19H,(H,17,18);/q;+1/p-1. The summed E-state index contributed by atoms with van der Waals surface area (Å²) in [7, 11) is 0. The van der Waals surface area contributed by atoms with Gasteiger partial charge in [-0.2, -0.15) is 0 Å². The number of aliphatic carboxylic acids is 1. The molecule has 0 amide bonds. The van der Waals surface area contributed by atoms with Crippen LogP contribution in [-0.2, 0) is 10.4 Å². The van der Waals surface area contributed by atoms with Crippen molar-refractivity contribution in [2.45, 2.75) is 5.60 Å². The summed E-state index contributed by atoms with van der Waals surface area (Å²) in [5.41, 5.74) is -1.91. The molecule has 0 saturated heterocycles. The predicted octanol–water partition coefficient (Wildman–Crippen LogP) is -1.02. The van der Waals surface area contributed by atoms with Crippen LogP contribution in [0.15, 0.2) is 48.5 Å². The van der Waals surface area contributed by atoms with Crippen LogP contribution < -0.4 is 56.5 Å². The molecule has 2 aromatic carbocycles. The normalized spacial score (nSPS) is 10.8. The van der Waals surface area contributed by atoms with E-state index in [0.29, 0.717) is 10.0 Å². The maximum Gasteiger partial charge on any atom is 1.00 e. The molecule has 0 atom stereocenters. The van der Waals surface area contributed by atoms with Crippen molar-refractivity contribution in [2.75, 3.05) is 0 Å². The first-order valence-electron chi connectivity index (χ1n) is 5.40. The molecule has 20 heavy (non-hydrogen) atoms. The Morgan fingerprint density at radius 3 is 1.45 bits per heavy atom. The third kappa shape index (κ3) is 3.64. The maximum absolute atomic E-state index is 11.4. The first-order valence-corrected chi connectivity index (χ1v) is 6.16. The molecule has 0 fully saturated rings. The van der Waals surface area contributed by atoms with Crippen LogP contribution in [0.4, 0.5) is 0 Å². The van der Waals surface area contributed by atoms with Gasteiger partial charge in [-0.15, -0.1) is 0 Å². The average Bonchev–Trinajstić information content (AvgIpc) is 2.39. The Morgan fingerprint density at radius 1 is 0.900 bits per heavy atom. The summed E-state index contributed by atoms with van der Waals surface area (Å²) in [6.45, 7) is 0. The van der Waals surface area contributed by atoms with Gasteiger partial charge in [0.15, 0.2) is 5.60 Å². The van der Waals surface area contributed by atoms with Gasteiger partial charge in [0.2, 0.25) is 0 Å². The van der Waals surface area contributed by atoms with Crippen molar-refractivity contribution in [3.63, 3.8) is 0 Å². The first-order chi connectivity index (χ1) is 8.94. The molecule has 0 radical (unpaired) electrons. The molecule has 0 aliphatic rings. The number of aliphatic hydroxyl groups is 1. The zero-order valence-electron chi connectivity index (χ0n) is 10.6. The summed E-state index contributed by atoms with van der Waals surface area (Å²) < 4.78 is 0. The second-order valence-corrected chi connectivity index (χ2v) is 4.88. The van der Waals surface area contributed by atoms with Crippen LogP contribution in [0.5, 0.6) is 0 Å². The number of rotatable bonds is 3. The molecule has 0 spiro atoms. The van der Waals surface area contributed by atoms with Crippen molar-refractivity contribution in [3.8, 4) is 0 Å². The number of carbonyl (C=O) groups is 1. The van der Waals surface area contributed by atoms with Crippen molar-refractivity contribution in [2.24, 2.45) is 0 Å². The van der Waals surface area contributed by atoms with Gasteiger partial charge in [-0.25, -0.2) is 0 Å². The van der Waals surface area contributed by atoms with Crippen LogP contribution in [0.2, 0.25) is 10.0 Å². The third-order valence-electron chi connectivity index (χ3n) is 2.82. The van der Waals surface area contributed by atoms with Gasteiger partial charge in [0.25, 0.3) is 0 Å². The molecular formula is C14H9Cl2KO3. The van der Waals surface area contributed by atoms with Crippen LogP contribution in [-0.4, -0.2) is 11.1 Å². The molecule has 0 aliphatic heterocycles. The SMILES string of the molecule is O=C([O-])C(O)(c1ccc(Cl)cc1)c1ccc(Cl)cc1.[K+]. The molecule has 2 rings (SSSR count). The maximum atomic E-state index is 11.4. The van der Waals surface area contributed by atoms with E-state index in [1.165, 1.54) is 48.5 Å². The van der Waals surface area contributed by atoms with Crippen LogP contribution >= 0.6 is 23.2 Å². The zero-order valence-corrected chi connectivity index (χ0v) is 15.3. The fourth-order valence-corrected chi connectivity index (χ4v) is 2.04. The number of benzene rings is 2. The Labute approximate surface area is 168 Å². The van der Waals surface area contributed by atoms with Crippen LogP contribution in [0.3, 0.4) is 0 Å². The summed E-state index contributed by atoms with van der Waals surface area (Å²) in [6, 6.07) is 11.8. The van der Waals surface area contributed by atoms with Gasteiger partial charge in [0.1, 0.15) is 0 Å². The van der Waals surface area contributed by atoms with Crippen LogP contribution in [0.25, 0.3) is 0 Å². The number of carboxylic acid groups (broad SMARTS) is 1. The molecule has 0 saturated carbocycles. The largest absolute Gasteiger partial charge is 1.00 e. The number of hydrogen-bond acceptors (Lipinski definition) is 3. The second-order valence-electron chi connectivity index (χ2n) is 4.01. The minimum absolute atomic E-state index is 0. The summed E-state index contributed by atoms with van der Waals surface area (Å²) in [5.74, 6) is -1.61. The van der Waals surface area contributed by atoms with Gasteiger partial charge in [0.05, 0.1) is 5.97 Å². The number of hydrogen-bond donors (Lipinski definition) is 1. The van der Waals surface area contributed by atoms with Gasteiger partial charge >= 0.3 is 51.4 Å². The number of carbonyl (C=O) groups excluding carboxylic acids is 1. The molecule has 0 unspecified atom stereocenters. The molecule has 0 aliphatic carbocycles. The van der Waals surface area contributed by atoms with Crippen molar-refractivity contribution >= 4 is 29.2 Å². The molecule has 3 nitrogen and oxygen atoms in total. The Balaban J connectivity index is 0.00000200.